The second-order valence-electron chi connectivity index (χ2n) is 7.49. The molecule has 0 spiro atoms. The molecule has 0 radical (unpaired) electrons. The zero-order valence-electron chi connectivity index (χ0n) is 18.5. The predicted molar refractivity (Wildman–Crippen MR) is 140 cm³/mol. The van der Waals surface area contributed by atoms with Crippen molar-refractivity contribution in [1.29, 1.82) is 0 Å². The van der Waals surface area contributed by atoms with Gasteiger partial charge in [0.1, 0.15) is 6.61 Å². The van der Waals surface area contributed by atoms with Crippen LogP contribution in [0.15, 0.2) is 76.1 Å². The van der Waals surface area contributed by atoms with Crippen LogP contribution in [0, 0.1) is 0 Å². The fourth-order valence-electron chi connectivity index (χ4n) is 3.35. The van der Waals surface area contributed by atoms with Gasteiger partial charge in [-0.2, -0.15) is 0 Å². The first kappa shape index (κ1) is 25.0. The van der Waals surface area contributed by atoms with Gasteiger partial charge in [0.15, 0.2) is 17.3 Å². The number of thioether (sulfide) groups is 1. The number of amides is 2. The molecule has 0 unspecified atom stereocenters. The molecule has 1 aliphatic rings. The first-order valence-corrected chi connectivity index (χ1v) is 12.4. The number of rotatable bonds is 8. The average Bonchev–Trinajstić information content (AvgIpc) is 3.11. The van der Waals surface area contributed by atoms with Crippen molar-refractivity contribution in [2.45, 2.75) is 6.61 Å². The Kier molecular flexibility index (Phi) is 7.95. The van der Waals surface area contributed by atoms with E-state index in [0.29, 0.717) is 27.6 Å². The van der Waals surface area contributed by atoms with Crippen molar-refractivity contribution in [1.82, 2.24) is 4.90 Å². The van der Waals surface area contributed by atoms with Crippen LogP contribution in [-0.2, 0) is 11.4 Å². The lowest BCUT2D eigenvalue weighted by Crippen LogP contribution is -2.33. The Morgan fingerprint density at radius 3 is 2.46 bits per heavy atom. The molecule has 0 atom stereocenters. The van der Waals surface area contributed by atoms with E-state index in [1.807, 2.05) is 12.1 Å². The number of nitrogens with zero attached hydrogens (tertiary/aromatic N) is 1. The summed E-state index contributed by atoms with van der Waals surface area (Å²) >= 11 is 10.1. The molecule has 178 valence electrons. The Morgan fingerprint density at radius 1 is 1.06 bits per heavy atom. The van der Waals surface area contributed by atoms with Crippen molar-refractivity contribution in [2.24, 2.45) is 0 Å². The lowest BCUT2D eigenvalue weighted by molar-refractivity contribution is -0.122. The number of para-hydroxylation sites is 1. The molecule has 6 nitrogen and oxygen atoms in total. The summed E-state index contributed by atoms with van der Waals surface area (Å²) in [4.78, 5) is 39.3. The molecule has 0 aromatic heterocycles. The van der Waals surface area contributed by atoms with Gasteiger partial charge >= 0.3 is 0 Å². The van der Waals surface area contributed by atoms with Crippen LogP contribution in [0.25, 0.3) is 6.08 Å². The molecule has 0 saturated carbocycles. The zero-order valence-corrected chi connectivity index (χ0v) is 21.7. The fraction of sp³-hybridized carbons (Fsp3) is 0.115. The van der Waals surface area contributed by atoms with Gasteiger partial charge in [0.25, 0.3) is 11.1 Å². The molecule has 0 bridgehead atoms. The van der Waals surface area contributed by atoms with E-state index in [-0.39, 0.29) is 23.8 Å². The maximum absolute atomic E-state index is 13.0. The number of hydrogen-bond acceptors (Lipinski definition) is 6. The van der Waals surface area contributed by atoms with Crippen LogP contribution >= 0.6 is 39.3 Å². The molecule has 1 saturated heterocycles. The summed E-state index contributed by atoms with van der Waals surface area (Å²) in [6.07, 6.45) is 1.58. The van der Waals surface area contributed by atoms with Gasteiger partial charge in [-0.05, 0) is 53.7 Å². The molecule has 35 heavy (non-hydrogen) atoms. The van der Waals surface area contributed by atoms with Gasteiger partial charge in [-0.15, -0.1) is 0 Å². The van der Waals surface area contributed by atoms with Gasteiger partial charge in [0.2, 0.25) is 0 Å². The van der Waals surface area contributed by atoms with E-state index in [2.05, 4.69) is 15.9 Å². The summed E-state index contributed by atoms with van der Waals surface area (Å²) in [7, 11) is 1.52. The predicted octanol–water partition coefficient (Wildman–Crippen LogP) is 6.61. The number of imide groups is 1. The number of halogens is 2. The van der Waals surface area contributed by atoms with E-state index in [1.54, 1.807) is 60.7 Å². The summed E-state index contributed by atoms with van der Waals surface area (Å²) < 4.78 is 12.3. The van der Waals surface area contributed by atoms with Crippen molar-refractivity contribution in [2.75, 3.05) is 13.7 Å². The molecule has 1 fully saturated rings. The number of carbonyl (C=O) groups is 3. The van der Waals surface area contributed by atoms with Crippen molar-refractivity contribution in [3.8, 4) is 11.5 Å². The van der Waals surface area contributed by atoms with Crippen molar-refractivity contribution >= 4 is 62.3 Å². The smallest absolute Gasteiger partial charge is 0.293 e. The lowest BCUT2D eigenvalue weighted by atomic mass is 10.1. The van der Waals surface area contributed by atoms with Crippen molar-refractivity contribution in [3.63, 3.8) is 0 Å². The average molecular weight is 573 g/mol. The molecular formula is C26H19BrClNO5S. The molecule has 0 N–H and O–H groups in total. The third-order valence-electron chi connectivity index (χ3n) is 5.15. The zero-order chi connectivity index (χ0) is 24.9. The maximum atomic E-state index is 13.0. The highest BCUT2D eigenvalue weighted by Crippen LogP contribution is 2.38. The van der Waals surface area contributed by atoms with Gasteiger partial charge in [-0.1, -0.05) is 63.9 Å². The lowest BCUT2D eigenvalue weighted by Gasteiger charge is -2.14. The highest BCUT2D eigenvalue weighted by atomic mass is 79.9. The minimum absolute atomic E-state index is 0.197. The van der Waals surface area contributed by atoms with Gasteiger partial charge in [-0.3, -0.25) is 19.3 Å². The normalized spacial score (nSPS) is 14.5. The largest absolute Gasteiger partial charge is 0.493 e. The molecule has 4 rings (SSSR count). The maximum Gasteiger partial charge on any atom is 0.293 e. The molecule has 3 aromatic carbocycles. The highest BCUT2D eigenvalue weighted by Gasteiger charge is 2.36. The topological polar surface area (TPSA) is 72.9 Å². The standard InChI is InChI=1S/C26H19BrClNO5S/c1-33-22-4-2-3-18(24(22)34-15-16-5-11-20(28)12-6-16)13-23-25(31)29(26(32)35-23)14-21(30)17-7-9-19(27)10-8-17/h2-13H,14-15H2,1H3/b23-13+. The Labute approximate surface area is 220 Å². The van der Waals surface area contributed by atoms with Crippen LogP contribution in [0.2, 0.25) is 5.02 Å². The number of ketones is 1. The Bertz CT molecular complexity index is 1310. The van der Waals surface area contributed by atoms with E-state index in [9.17, 15) is 14.4 Å². The second kappa shape index (κ2) is 11.1. The van der Waals surface area contributed by atoms with E-state index in [1.165, 1.54) is 7.11 Å². The fourth-order valence-corrected chi connectivity index (χ4v) is 4.57. The second-order valence-corrected chi connectivity index (χ2v) is 9.84. The van der Waals surface area contributed by atoms with Gasteiger partial charge < -0.3 is 9.47 Å². The van der Waals surface area contributed by atoms with Gasteiger partial charge in [0.05, 0.1) is 18.6 Å². The molecular weight excluding hydrogens is 554 g/mol. The monoisotopic (exact) mass is 571 g/mol. The third-order valence-corrected chi connectivity index (χ3v) is 6.84. The highest BCUT2D eigenvalue weighted by molar-refractivity contribution is 9.10. The number of benzene rings is 3. The number of methoxy groups -OCH3 is 1. The van der Waals surface area contributed by atoms with Crippen LogP contribution < -0.4 is 9.47 Å². The van der Waals surface area contributed by atoms with Crippen LogP contribution in [-0.4, -0.2) is 35.5 Å². The number of ether oxygens (including phenoxy) is 2. The molecule has 0 aliphatic carbocycles. The Morgan fingerprint density at radius 2 is 1.77 bits per heavy atom. The molecule has 9 heteroatoms. The summed E-state index contributed by atoms with van der Waals surface area (Å²) in [6.45, 7) is -0.0801. The Hall–Kier alpha value is -3.07. The van der Waals surface area contributed by atoms with E-state index in [4.69, 9.17) is 21.1 Å². The number of carbonyl (C=O) groups excluding carboxylic acids is 3. The Balaban J connectivity index is 1.55. The van der Waals surface area contributed by atoms with Crippen molar-refractivity contribution < 1.29 is 23.9 Å². The van der Waals surface area contributed by atoms with E-state index < -0.39 is 11.1 Å². The molecule has 3 aromatic rings. The molecule has 2 amide bonds. The van der Waals surface area contributed by atoms with Crippen LogP contribution in [0.3, 0.4) is 0 Å². The summed E-state index contributed by atoms with van der Waals surface area (Å²) in [5.74, 6) is 0.0615. The van der Waals surface area contributed by atoms with Crippen LogP contribution in [0.4, 0.5) is 4.79 Å². The van der Waals surface area contributed by atoms with Gasteiger partial charge in [0, 0.05) is 20.6 Å². The van der Waals surface area contributed by atoms with Crippen LogP contribution in [0.5, 0.6) is 11.5 Å². The molecule has 1 heterocycles. The summed E-state index contributed by atoms with van der Waals surface area (Å²) in [5, 5.41) is 0.124. The number of Topliss-reactive ketones (excluding diaryl/α,β-unsaturated/α-hetero) is 1. The first-order valence-electron chi connectivity index (χ1n) is 10.4. The molecule has 1 aliphatic heterocycles. The number of hydrogen-bond donors (Lipinski definition) is 0. The summed E-state index contributed by atoms with van der Waals surface area (Å²) in [5.41, 5.74) is 1.89. The summed E-state index contributed by atoms with van der Waals surface area (Å²) in [6, 6.07) is 19.3. The van der Waals surface area contributed by atoms with Crippen LogP contribution in [0.1, 0.15) is 21.5 Å². The van der Waals surface area contributed by atoms with E-state index >= 15 is 0 Å². The van der Waals surface area contributed by atoms with Gasteiger partial charge in [-0.25, -0.2) is 0 Å². The first-order chi connectivity index (χ1) is 16.9. The van der Waals surface area contributed by atoms with Crippen molar-refractivity contribution in [3.05, 3.63) is 97.8 Å². The third kappa shape index (κ3) is 5.96. The quantitative estimate of drug-likeness (QED) is 0.223. The van der Waals surface area contributed by atoms with E-state index in [0.717, 1.165) is 26.7 Å². The SMILES string of the molecule is COc1cccc(/C=C2/SC(=O)N(CC(=O)c3ccc(Br)cc3)C2=O)c1OCc1ccc(Cl)cc1. The minimum atomic E-state index is -0.531. The minimum Gasteiger partial charge on any atom is -0.493 e.